The van der Waals surface area contributed by atoms with Crippen molar-refractivity contribution in [2.75, 3.05) is 26.2 Å². The Balaban J connectivity index is 1.82. The molecule has 0 spiro atoms. The van der Waals surface area contributed by atoms with Gasteiger partial charge in [0, 0.05) is 31.1 Å². The van der Waals surface area contributed by atoms with Gasteiger partial charge in [-0.3, -0.25) is 9.69 Å². The van der Waals surface area contributed by atoms with E-state index in [1.54, 1.807) is 0 Å². The zero-order valence-corrected chi connectivity index (χ0v) is 11.1. The third-order valence-electron chi connectivity index (χ3n) is 3.78. The molecule has 2 fully saturated rings. The molecule has 0 aromatic heterocycles. The van der Waals surface area contributed by atoms with Crippen molar-refractivity contribution < 1.29 is 4.79 Å². The maximum Gasteiger partial charge on any atom is 0.224 e. The van der Waals surface area contributed by atoms with Crippen molar-refractivity contribution in [1.29, 1.82) is 0 Å². The molecule has 1 atom stereocenters. The Hall–Kier alpha value is -0.610. The molecule has 2 aliphatic rings. The van der Waals surface area contributed by atoms with Gasteiger partial charge in [-0.05, 0) is 46.2 Å². The first kappa shape index (κ1) is 12.8. The Bertz CT molecular complexity index is 279. The minimum absolute atomic E-state index is 0.221. The number of nitrogens with zero attached hydrogens (tertiary/aromatic N) is 2. The van der Waals surface area contributed by atoms with Gasteiger partial charge in [-0.2, -0.15) is 0 Å². The van der Waals surface area contributed by atoms with Crippen molar-refractivity contribution in [3.63, 3.8) is 0 Å². The molecule has 1 amide bonds. The fourth-order valence-corrected chi connectivity index (χ4v) is 2.87. The van der Waals surface area contributed by atoms with Gasteiger partial charge in [-0.1, -0.05) is 0 Å². The molecule has 0 aliphatic carbocycles. The summed E-state index contributed by atoms with van der Waals surface area (Å²) in [5.41, 5.74) is 5.52. The van der Waals surface area contributed by atoms with Crippen LogP contribution in [-0.4, -0.2) is 53.5 Å². The van der Waals surface area contributed by atoms with Crippen LogP contribution in [0.15, 0.2) is 0 Å². The minimum atomic E-state index is -0.386. The topological polar surface area (TPSA) is 49.6 Å². The monoisotopic (exact) mass is 239 g/mol. The molecular formula is C13H25N3O. The van der Waals surface area contributed by atoms with Gasteiger partial charge < -0.3 is 10.6 Å². The highest BCUT2D eigenvalue weighted by Crippen LogP contribution is 2.21. The molecule has 4 nitrogen and oxygen atoms in total. The number of rotatable bonds is 3. The van der Waals surface area contributed by atoms with E-state index in [1.165, 1.54) is 25.9 Å². The Morgan fingerprint density at radius 1 is 1.29 bits per heavy atom. The highest BCUT2D eigenvalue weighted by atomic mass is 16.2. The Kier molecular flexibility index (Phi) is 3.73. The number of carbonyl (C=O) groups excluding carboxylic acids is 1. The van der Waals surface area contributed by atoms with Crippen molar-refractivity contribution in [2.45, 2.75) is 51.1 Å². The molecule has 1 unspecified atom stereocenters. The van der Waals surface area contributed by atoms with Gasteiger partial charge in [0.25, 0.3) is 0 Å². The third kappa shape index (κ3) is 3.42. The van der Waals surface area contributed by atoms with Crippen LogP contribution in [0, 0.1) is 0 Å². The zero-order chi connectivity index (χ0) is 12.5. The van der Waals surface area contributed by atoms with Gasteiger partial charge >= 0.3 is 0 Å². The number of hydrogen-bond donors (Lipinski definition) is 1. The van der Waals surface area contributed by atoms with E-state index in [2.05, 4.69) is 4.90 Å². The van der Waals surface area contributed by atoms with E-state index >= 15 is 0 Å². The smallest absolute Gasteiger partial charge is 0.224 e. The molecule has 4 heteroatoms. The molecule has 2 N–H and O–H groups in total. The Labute approximate surface area is 104 Å². The standard InChI is InChI=1S/C13H25N3O/c1-13(2,14)9-12(17)16-8-5-11(10-16)15-6-3-4-7-15/h11H,3-10,14H2,1-2H3. The van der Waals surface area contributed by atoms with Crippen LogP contribution in [-0.2, 0) is 4.79 Å². The number of nitrogens with two attached hydrogens (primary N) is 1. The van der Waals surface area contributed by atoms with Crippen molar-refractivity contribution in [1.82, 2.24) is 9.80 Å². The molecule has 2 aliphatic heterocycles. The number of hydrogen-bond acceptors (Lipinski definition) is 3. The highest BCUT2D eigenvalue weighted by Gasteiger charge is 2.32. The van der Waals surface area contributed by atoms with Crippen LogP contribution in [0.1, 0.15) is 39.5 Å². The summed E-state index contributed by atoms with van der Waals surface area (Å²) in [7, 11) is 0. The average molecular weight is 239 g/mol. The van der Waals surface area contributed by atoms with Crippen molar-refractivity contribution in [3.8, 4) is 0 Å². The summed E-state index contributed by atoms with van der Waals surface area (Å²) in [5.74, 6) is 0.221. The molecule has 0 saturated carbocycles. The summed E-state index contributed by atoms with van der Waals surface area (Å²) in [4.78, 5) is 16.6. The van der Waals surface area contributed by atoms with E-state index in [4.69, 9.17) is 5.73 Å². The quantitative estimate of drug-likeness (QED) is 0.793. The predicted octanol–water partition coefficient (Wildman–Crippen LogP) is 0.811. The number of carbonyl (C=O) groups is 1. The largest absolute Gasteiger partial charge is 0.341 e. The fourth-order valence-electron chi connectivity index (χ4n) is 2.87. The van der Waals surface area contributed by atoms with Gasteiger partial charge in [0.15, 0.2) is 0 Å². The van der Waals surface area contributed by atoms with E-state index in [0.717, 1.165) is 19.5 Å². The molecule has 0 bridgehead atoms. The SMILES string of the molecule is CC(C)(N)CC(=O)N1CCC(N2CCCC2)C1. The third-order valence-corrected chi connectivity index (χ3v) is 3.78. The number of likely N-dealkylation sites (tertiary alicyclic amines) is 2. The average Bonchev–Trinajstić information content (AvgIpc) is 2.86. The Morgan fingerprint density at radius 2 is 1.94 bits per heavy atom. The zero-order valence-electron chi connectivity index (χ0n) is 11.1. The van der Waals surface area contributed by atoms with Crippen LogP contribution in [0.4, 0.5) is 0 Å². The second kappa shape index (κ2) is 4.94. The lowest BCUT2D eigenvalue weighted by atomic mass is 10.0. The van der Waals surface area contributed by atoms with E-state index in [9.17, 15) is 4.79 Å². The van der Waals surface area contributed by atoms with Gasteiger partial charge in [0.2, 0.25) is 5.91 Å². The van der Waals surface area contributed by atoms with Crippen molar-refractivity contribution in [2.24, 2.45) is 5.73 Å². The molecule has 2 saturated heterocycles. The van der Waals surface area contributed by atoms with Gasteiger partial charge in [0.05, 0.1) is 0 Å². The normalized spacial score (nSPS) is 26.8. The van der Waals surface area contributed by atoms with E-state index in [0.29, 0.717) is 12.5 Å². The lowest BCUT2D eigenvalue weighted by Gasteiger charge is -2.25. The maximum absolute atomic E-state index is 12.0. The lowest BCUT2D eigenvalue weighted by Crippen LogP contribution is -2.42. The van der Waals surface area contributed by atoms with Crippen LogP contribution in [0.5, 0.6) is 0 Å². The van der Waals surface area contributed by atoms with E-state index in [1.807, 2.05) is 18.7 Å². The summed E-state index contributed by atoms with van der Waals surface area (Å²) in [6.07, 6.45) is 4.23. The summed E-state index contributed by atoms with van der Waals surface area (Å²) in [6, 6.07) is 0.599. The van der Waals surface area contributed by atoms with Crippen molar-refractivity contribution >= 4 is 5.91 Å². The first-order valence-electron chi connectivity index (χ1n) is 6.76. The fraction of sp³-hybridized carbons (Fsp3) is 0.923. The van der Waals surface area contributed by atoms with Crippen molar-refractivity contribution in [3.05, 3.63) is 0 Å². The molecule has 2 heterocycles. The van der Waals surface area contributed by atoms with Crippen LogP contribution in [0.25, 0.3) is 0 Å². The highest BCUT2D eigenvalue weighted by molar-refractivity contribution is 5.77. The van der Waals surface area contributed by atoms with Gasteiger partial charge in [-0.25, -0.2) is 0 Å². The molecule has 17 heavy (non-hydrogen) atoms. The van der Waals surface area contributed by atoms with E-state index in [-0.39, 0.29) is 11.4 Å². The summed E-state index contributed by atoms with van der Waals surface area (Å²) < 4.78 is 0. The second-order valence-corrected chi connectivity index (χ2v) is 6.19. The molecule has 0 aromatic rings. The predicted molar refractivity (Wildman–Crippen MR) is 68.7 cm³/mol. The van der Waals surface area contributed by atoms with Crippen LogP contribution < -0.4 is 5.73 Å². The molecular weight excluding hydrogens is 214 g/mol. The maximum atomic E-state index is 12.0. The van der Waals surface area contributed by atoms with Crippen LogP contribution in [0.3, 0.4) is 0 Å². The number of amides is 1. The molecule has 0 radical (unpaired) electrons. The molecule has 2 rings (SSSR count). The van der Waals surface area contributed by atoms with Crippen LogP contribution in [0.2, 0.25) is 0 Å². The Morgan fingerprint density at radius 3 is 2.53 bits per heavy atom. The molecule has 0 aromatic carbocycles. The van der Waals surface area contributed by atoms with E-state index < -0.39 is 0 Å². The summed E-state index contributed by atoms with van der Waals surface area (Å²) >= 11 is 0. The molecule has 98 valence electrons. The first-order chi connectivity index (χ1) is 7.96. The summed E-state index contributed by atoms with van der Waals surface area (Å²) in [6.45, 7) is 8.09. The van der Waals surface area contributed by atoms with Crippen LogP contribution >= 0.6 is 0 Å². The minimum Gasteiger partial charge on any atom is -0.341 e. The summed E-state index contributed by atoms with van der Waals surface area (Å²) in [5, 5.41) is 0. The van der Waals surface area contributed by atoms with Gasteiger partial charge in [0.1, 0.15) is 0 Å². The van der Waals surface area contributed by atoms with Gasteiger partial charge in [-0.15, -0.1) is 0 Å². The lowest BCUT2D eigenvalue weighted by molar-refractivity contribution is -0.131. The first-order valence-corrected chi connectivity index (χ1v) is 6.76. The second-order valence-electron chi connectivity index (χ2n) is 6.19.